The summed E-state index contributed by atoms with van der Waals surface area (Å²) in [7, 11) is 0. The van der Waals surface area contributed by atoms with Crippen LogP contribution in [0, 0.1) is 0 Å². The highest BCUT2D eigenvalue weighted by Gasteiger charge is 2.34. The summed E-state index contributed by atoms with van der Waals surface area (Å²) in [5, 5.41) is 1.03. The molecule has 0 saturated carbocycles. The Morgan fingerprint density at radius 3 is 2.96 bits per heavy atom. The van der Waals surface area contributed by atoms with Crippen molar-refractivity contribution in [3.8, 4) is 0 Å². The van der Waals surface area contributed by atoms with Crippen LogP contribution < -0.4 is 4.90 Å². The van der Waals surface area contributed by atoms with Crippen molar-refractivity contribution in [2.24, 2.45) is 0 Å². The highest BCUT2D eigenvalue weighted by Crippen LogP contribution is 2.38. The van der Waals surface area contributed by atoms with Crippen LogP contribution in [0.1, 0.15) is 39.2 Å². The maximum Gasteiger partial charge on any atom is 0.410 e. The first kappa shape index (κ1) is 16.9. The van der Waals surface area contributed by atoms with Crippen LogP contribution in [0.4, 0.5) is 10.6 Å². The summed E-state index contributed by atoms with van der Waals surface area (Å²) in [6, 6.07) is 0.189. The number of nitrogens with zero attached hydrogens (tertiary/aromatic N) is 4. The van der Waals surface area contributed by atoms with Gasteiger partial charge in [-0.15, -0.1) is 0 Å². The number of ether oxygens (including phenoxy) is 1. The predicted octanol–water partition coefficient (Wildman–Crippen LogP) is 3.19. The van der Waals surface area contributed by atoms with Crippen LogP contribution in [0.15, 0.2) is 19.1 Å². The molecule has 1 saturated heterocycles. The van der Waals surface area contributed by atoms with Crippen LogP contribution in [-0.2, 0) is 4.74 Å². The van der Waals surface area contributed by atoms with Crippen molar-refractivity contribution < 1.29 is 9.53 Å². The second-order valence-corrected chi connectivity index (χ2v) is 8.08. The minimum Gasteiger partial charge on any atom is -0.444 e. The number of aromatic amines is 1. The molecular formula is C19H25N5O2. The van der Waals surface area contributed by atoms with Crippen molar-refractivity contribution in [3.63, 3.8) is 0 Å². The first-order valence-corrected chi connectivity index (χ1v) is 9.08. The minimum atomic E-state index is -0.484. The Hall–Kier alpha value is -2.57. The molecule has 7 nitrogen and oxygen atoms in total. The molecule has 0 aliphatic carbocycles. The SMILES string of the molecule is C=C1CN([C@@H]2CCCN(C(=O)OC(C)(C)C)C2)c2ncnc3[nH]cc1c23. The maximum atomic E-state index is 12.5. The van der Waals surface area contributed by atoms with E-state index in [4.69, 9.17) is 4.74 Å². The number of hydrogen-bond donors (Lipinski definition) is 1. The average molecular weight is 355 g/mol. The van der Waals surface area contributed by atoms with Gasteiger partial charge in [-0.05, 0) is 39.2 Å². The van der Waals surface area contributed by atoms with Crippen molar-refractivity contribution in [2.45, 2.75) is 45.3 Å². The molecule has 7 heteroatoms. The van der Waals surface area contributed by atoms with E-state index in [2.05, 4.69) is 26.4 Å². The number of H-pyrrole nitrogens is 1. The molecule has 1 N–H and O–H groups in total. The highest BCUT2D eigenvalue weighted by atomic mass is 16.6. The van der Waals surface area contributed by atoms with E-state index in [-0.39, 0.29) is 12.1 Å². The topological polar surface area (TPSA) is 74.3 Å². The summed E-state index contributed by atoms with van der Waals surface area (Å²) >= 11 is 0. The quantitative estimate of drug-likeness (QED) is 0.850. The summed E-state index contributed by atoms with van der Waals surface area (Å²) in [4.78, 5) is 28.6. The van der Waals surface area contributed by atoms with Crippen LogP contribution in [0.2, 0.25) is 0 Å². The van der Waals surface area contributed by atoms with Crippen LogP contribution in [0.5, 0.6) is 0 Å². The van der Waals surface area contributed by atoms with Crippen LogP contribution >= 0.6 is 0 Å². The molecule has 0 spiro atoms. The van der Waals surface area contributed by atoms with Crippen molar-refractivity contribution in [2.75, 3.05) is 24.5 Å². The summed E-state index contributed by atoms with van der Waals surface area (Å²) in [6.45, 7) is 12.0. The van der Waals surface area contributed by atoms with Crippen molar-refractivity contribution in [1.29, 1.82) is 0 Å². The second kappa shape index (κ2) is 6.00. The van der Waals surface area contributed by atoms with E-state index in [1.165, 1.54) is 0 Å². The minimum absolute atomic E-state index is 0.189. The molecule has 4 rings (SSSR count). The fraction of sp³-hybridized carbons (Fsp3) is 0.526. The third-order valence-corrected chi connectivity index (χ3v) is 4.95. The summed E-state index contributed by atoms with van der Waals surface area (Å²) < 4.78 is 5.56. The van der Waals surface area contributed by atoms with Crippen molar-refractivity contribution in [3.05, 3.63) is 24.7 Å². The maximum absolute atomic E-state index is 12.5. The molecule has 2 aliphatic rings. The number of carbonyl (C=O) groups excluding carboxylic acids is 1. The number of carbonyl (C=O) groups is 1. The lowest BCUT2D eigenvalue weighted by Gasteiger charge is -2.42. The van der Waals surface area contributed by atoms with E-state index < -0.39 is 5.60 Å². The Balaban J connectivity index is 1.60. The van der Waals surface area contributed by atoms with E-state index in [1.807, 2.05) is 31.9 Å². The van der Waals surface area contributed by atoms with Gasteiger partial charge in [0.25, 0.3) is 0 Å². The summed E-state index contributed by atoms with van der Waals surface area (Å²) in [5.74, 6) is 0.926. The van der Waals surface area contributed by atoms with Gasteiger partial charge in [-0.3, -0.25) is 0 Å². The van der Waals surface area contributed by atoms with E-state index in [1.54, 1.807) is 6.33 Å². The molecule has 2 aromatic heterocycles. The zero-order valence-electron chi connectivity index (χ0n) is 15.6. The zero-order chi connectivity index (χ0) is 18.5. The van der Waals surface area contributed by atoms with Gasteiger partial charge >= 0.3 is 6.09 Å². The Labute approximate surface area is 153 Å². The molecule has 0 unspecified atom stereocenters. The van der Waals surface area contributed by atoms with Gasteiger partial charge in [0, 0.05) is 37.4 Å². The van der Waals surface area contributed by atoms with E-state index in [0.717, 1.165) is 47.4 Å². The predicted molar refractivity (Wildman–Crippen MR) is 101 cm³/mol. The van der Waals surface area contributed by atoms with Gasteiger partial charge in [-0.25, -0.2) is 14.8 Å². The number of hydrogen-bond acceptors (Lipinski definition) is 5. The largest absolute Gasteiger partial charge is 0.444 e. The van der Waals surface area contributed by atoms with Crippen LogP contribution in [0.3, 0.4) is 0 Å². The number of anilines is 1. The average Bonchev–Trinajstić information content (AvgIpc) is 3.02. The van der Waals surface area contributed by atoms with Gasteiger partial charge in [0.2, 0.25) is 0 Å². The van der Waals surface area contributed by atoms with Crippen molar-refractivity contribution >= 4 is 28.5 Å². The molecule has 0 aromatic carbocycles. The Kier molecular flexibility index (Phi) is 3.89. The second-order valence-electron chi connectivity index (χ2n) is 8.08. The standard InChI is InChI=1S/C19H25N5O2/c1-12-9-24(17-15-14(12)8-20-16(15)21-11-22-17)13-6-5-7-23(10-13)18(25)26-19(2,3)4/h8,11,13H,1,5-7,9-10H2,2-4H3,(H,20,21,22)/t13-/m1/s1. The molecule has 2 aliphatic heterocycles. The molecular weight excluding hydrogens is 330 g/mol. The fourth-order valence-corrected chi connectivity index (χ4v) is 3.81. The van der Waals surface area contributed by atoms with Gasteiger partial charge in [0.1, 0.15) is 23.4 Å². The van der Waals surface area contributed by atoms with Gasteiger partial charge < -0.3 is 19.5 Å². The highest BCUT2D eigenvalue weighted by molar-refractivity contribution is 6.01. The third-order valence-electron chi connectivity index (χ3n) is 4.95. The first-order valence-electron chi connectivity index (χ1n) is 9.08. The number of piperidine rings is 1. The fourth-order valence-electron chi connectivity index (χ4n) is 3.81. The number of likely N-dealkylation sites (tertiary alicyclic amines) is 1. The van der Waals surface area contributed by atoms with E-state index in [9.17, 15) is 4.79 Å². The van der Waals surface area contributed by atoms with Gasteiger partial charge in [-0.2, -0.15) is 0 Å². The van der Waals surface area contributed by atoms with Crippen LogP contribution in [0.25, 0.3) is 16.6 Å². The van der Waals surface area contributed by atoms with Gasteiger partial charge in [0.15, 0.2) is 0 Å². The Bertz CT molecular complexity index is 866. The molecule has 1 fully saturated rings. The number of nitrogens with one attached hydrogen (secondary N) is 1. The number of amides is 1. The van der Waals surface area contributed by atoms with E-state index >= 15 is 0 Å². The monoisotopic (exact) mass is 355 g/mol. The lowest BCUT2D eigenvalue weighted by atomic mass is 9.98. The molecule has 2 aromatic rings. The number of rotatable bonds is 1. The van der Waals surface area contributed by atoms with E-state index in [0.29, 0.717) is 13.1 Å². The van der Waals surface area contributed by atoms with Crippen LogP contribution in [-0.4, -0.2) is 57.2 Å². The Morgan fingerprint density at radius 1 is 1.38 bits per heavy atom. The van der Waals surface area contributed by atoms with Gasteiger partial charge in [0.05, 0.1) is 5.39 Å². The molecule has 0 radical (unpaired) electrons. The smallest absolute Gasteiger partial charge is 0.410 e. The summed E-state index contributed by atoms with van der Waals surface area (Å²) in [6.07, 6.45) is 5.26. The normalized spacial score (nSPS) is 20.6. The Morgan fingerprint density at radius 2 is 2.19 bits per heavy atom. The first-order chi connectivity index (χ1) is 12.3. The molecule has 1 atom stereocenters. The number of aromatic nitrogens is 3. The van der Waals surface area contributed by atoms with Gasteiger partial charge in [-0.1, -0.05) is 6.58 Å². The van der Waals surface area contributed by atoms with Crippen molar-refractivity contribution in [1.82, 2.24) is 19.9 Å². The molecule has 26 heavy (non-hydrogen) atoms. The third kappa shape index (κ3) is 2.91. The zero-order valence-corrected chi connectivity index (χ0v) is 15.6. The lowest BCUT2D eigenvalue weighted by molar-refractivity contribution is 0.0198. The molecule has 0 bridgehead atoms. The summed E-state index contributed by atoms with van der Waals surface area (Å²) in [5.41, 5.74) is 2.48. The lowest BCUT2D eigenvalue weighted by Crippen LogP contribution is -2.52. The molecule has 4 heterocycles. The molecule has 1 amide bonds. The molecule has 138 valence electrons.